The Morgan fingerprint density at radius 1 is 1.10 bits per heavy atom. The highest BCUT2D eigenvalue weighted by molar-refractivity contribution is 5.86. The van der Waals surface area contributed by atoms with Crippen molar-refractivity contribution in [1.29, 1.82) is 0 Å². The molecule has 0 radical (unpaired) electrons. The van der Waals surface area contributed by atoms with E-state index in [1.165, 1.54) is 6.42 Å². The fourth-order valence-electron chi connectivity index (χ4n) is 3.60. The summed E-state index contributed by atoms with van der Waals surface area (Å²) < 4.78 is 0. The number of hydrogen-bond donors (Lipinski definition) is 3. The number of hydrogen-bond acceptors (Lipinski definition) is 2. The summed E-state index contributed by atoms with van der Waals surface area (Å²) in [6.45, 7) is 2.05. The minimum absolute atomic E-state index is 0.204. The van der Waals surface area contributed by atoms with Gasteiger partial charge in [-0.15, -0.1) is 0 Å². The smallest absolute Gasteiger partial charge is 0.329 e. The SMILES string of the molecule is CC1CCCC(NC(=O)NC2CCCCC2)(C(=O)O)C1. The molecule has 0 aromatic rings. The van der Waals surface area contributed by atoms with Crippen LogP contribution in [0.15, 0.2) is 0 Å². The predicted octanol–water partition coefficient (Wildman–Crippen LogP) is 2.65. The van der Waals surface area contributed by atoms with Crippen LogP contribution in [0, 0.1) is 5.92 Å². The van der Waals surface area contributed by atoms with Crippen molar-refractivity contribution in [2.24, 2.45) is 5.92 Å². The van der Waals surface area contributed by atoms with Crippen LogP contribution in [-0.4, -0.2) is 28.7 Å². The van der Waals surface area contributed by atoms with Gasteiger partial charge in [-0.2, -0.15) is 0 Å². The molecular formula is C15H26N2O3. The van der Waals surface area contributed by atoms with E-state index in [2.05, 4.69) is 17.6 Å². The average Bonchev–Trinajstić information content (AvgIpc) is 2.39. The van der Waals surface area contributed by atoms with E-state index in [0.717, 1.165) is 38.5 Å². The Labute approximate surface area is 120 Å². The number of rotatable bonds is 3. The lowest BCUT2D eigenvalue weighted by molar-refractivity contribution is -0.146. The molecule has 20 heavy (non-hydrogen) atoms. The molecule has 5 heteroatoms. The van der Waals surface area contributed by atoms with E-state index in [-0.39, 0.29) is 12.1 Å². The Balaban J connectivity index is 1.93. The van der Waals surface area contributed by atoms with Crippen LogP contribution in [0.4, 0.5) is 4.79 Å². The summed E-state index contributed by atoms with van der Waals surface area (Å²) in [4.78, 5) is 23.7. The van der Waals surface area contributed by atoms with Crippen LogP contribution in [-0.2, 0) is 4.79 Å². The summed E-state index contributed by atoms with van der Waals surface area (Å²) in [5.74, 6) is -0.558. The molecular weight excluding hydrogens is 256 g/mol. The third-order valence-corrected chi connectivity index (χ3v) is 4.70. The number of carboxylic acid groups (broad SMARTS) is 1. The van der Waals surface area contributed by atoms with Crippen molar-refractivity contribution >= 4 is 12.0 Å². The monoisotopic (exact) mass is 282 g/mol. The number of urea groups is 1. The maximum absolute atomic E-state index is 12.1. The summed E-state index contributed by atoms with van der Waals surface area (Å²) in [5.41, 5.74) is -1.07. The molecule has 2 rings (SSSR count). The van der Waals surface area contributed by atoms with E-state index in [1.807, 2.05) is 0 Å². The molecule has 0 saturated heterocycles. The molecule has 2 aliphatic rings. The van der Waals surface area contributed by atoms with Gasteiger partial charge in [0.1, 0.15) is 5.54 Å². The Hall–Kier alpha value is -1.26. The van der Waals surface area contributed by atoms with Crippen LogP contribution in [0.3, 0.4) is 0 Å². The Morgan fingerprint density at radius 2 is 1.80 bits per heavy atom. The fourth-order valence-corrected chi connectivity index (χ4v) is 3.60. The first-order chi connectivity index (χ1) is 9.52. The molecule has 0 aromatic carbocycles. The third-order valence-electron chi connectivity index (χ3n) is 4.70. The van der Waals surface area contributed by atoms with Crippen molar-refractivity contribution < 1.29 is 14.7 Å². The Morgan fingerprint density at radius 3 is 2.40 bits per heavy atom. The molecule has 0 aliphatic heterocycles. The Bertz CT molecular complexity index is 366. The largest absolute Gasteiger partial charge is 0.480 e. The van der Waals surface area contributed by atoms with Gasteiger partial charge < -0.3 is 15.7 Å². The lowest BCUT2D eigenvalue weighted by atomic mass is 9.76. The van der Waals surface area contributed by atoms with Crippen LogP contribution in [0.1, 0.15) is 64.7 Å². The zero-order valence-electron chi connectivity index (χ0n) is 12.3. The summed E-state index contributed by atoms with van der Waals surface area (Å²) in [6.07, 6.45) is 8.49. The lowest BCUT2D eigenvalue weighted by Gasteiger charge is -2.37. The molecule has 0 spiro atoms. The van der Waals surface area contributed by atoms with Crippen LogP contribution in [0.25, 0.3) is 0 Å². The summed E-state index contributed by atoms with van der Waals surface area (Å²) in [7, 11) is 0. The molecule has 2 fully saturated rings. The van der Waals surface area contributed by atoms with Crippen LogP contribution < -0.4 is 10.6 Å². The minimum Gasteiger partial charge on any atom is -0.480 e. The molecule has 2 aliphatic carbocycles. The summed E-state index contributed by atoms with van der Waals surface area (Å²) in [6, 6.07) is -0.107. The van der Waals surface area contributed by atoms with Crippen LogP contribution >= 0.6 is 0 Å². The molecule has 5 nitrogen and oxygen atoms in total. The molecule has 0 bridgehead atoms. The second-order valence-electron chi connectivity index (χ2n) is 6.52. The van der Waals surface area contributed by atoms with Crippen LogP contribution in [0.5, 0.6) is 0 Å². The molecule has 0 heterocycles. The van der Waals surface area contributed by atoms with Crippen molar-refractivity contribution in [3.63, 3.8) is 0 Å². The van der Waals surface area contributed by atoms with Gasteiger partial charge in [-0.25, -0.2) is 9.59 Å². The zero-order valence-corrected chi connectivity index (χ0v) is 12.3. The van der Waals surface area contributed by atoms with Gasteiger partial charge in [0.05, 0.1) is 0 Å². The second kappa shape index (κ2) is 6.46. The van der Waals surface area contributed by atoms with Crippen LogP contribution in [0.2, 0.25) is 0 Å². The number of aliphatic carboxylic acids is 1. The summed E-state index contributed by atoms with van der Waals surface area (Å²) >= 11 is 0. The van der Waals surface area contributed by atoms with Crippen molar-refractivity contribution in [2.45, 2.75) is 76.3 Å². The van der Waals surface area contributed by atoms with E-state index >= 15 is 0 Å². The first-order valence-electron chi connectivity index (χ1n) is 7.84. The standard InChI is InChI=1S/C15H26N2O3/c1-11-6-5-9-15(10-11,13(18)19)17-14(20)16-12-7-3-2-4-8-12/h11-12H,2-10H2,1H3,(H,18,19)(H2,16,17,20). The quantitative estimate of drug-likeness (QED) is 0.744. The zero-order chi connectivity index (χ0) is 14.6. The molecule has 3 N–H and O–H groups in total. The lowest BCUT2D eigenvalue weighted by Crippen LogP contribution is -2.60. The van der Waals surface area contributed by atoms with E-state index in [4.69, 9.17) is 0 Å². The predicted molar refractivity (Wildman–Crippen MR) is 76.5 cm³/mol. The molecule has 2 atom stereocenters. The van der Waals surface area contributed by atoms with Crippen molar-refractivity contribution in [3.8, 4) is 0 Å². The van der Waals surface area contributed by atoms with Gasteiger partial charge in [-0.05, 0) is 31.6 Å². The Kier molecular flexibility index (Phi) is 4.89. The van der Waals surface area contributed by atoms with Gasteiger partial charge in [-0.3, -0.25) is 0 Å². The van der Waals surface area contributed by atoms with E-state index in [1.54, 1.807) is 0 Å². The highest BCUT2D eigenvalue weighted by Crippen LogP contribution is 2.32. The summed E-state index contributed by atoms with van der Waals surface area (Å²) in [5, 5.41) is 15.2. The number of carbonyl (C=O) groups excluding carboxylic acids is 1. The number of carbonyl (C=O) groups is 2. The maximum Gasteiger partial charge on any atom is 0.329 e. The molecule has 2 amide bonds. The number of amides is 2. The van der Waals surface area contributed by atoms with Gasteiger partial charge >= 0.3 is 12.0 Å². The molecule has 2 saturated carbocycles. The minimum atomic E-state index is -1.07. The second-order valence-corrected chi connectivity index (χ2v) is 6.52. The number of nitrogens with one attached hydrogen (secondary N) is 2. The van der Waals surface area contributed by atoms with Gasteiger partial charge in [0.2, 0.25) is 0 Å². The first kappa shape index (κ1) is 15.1. The van der Waals surface area contributed by atoms with Crippen molar-refractivity contribution in [2.75, 3.05) is 0 Å². The maximum atomic E-state index is 12.1. The molecule has 2 unspecified atom stereocenters. The van der Waals surface area contributed by atoms with Gasteiger partial charge in [0, 0.05) is 6.04 Å². The normalized spacial score (nSPS) is 31.6. The van der Waals surface area contributed by atoms with Crippen molar-refractivity contribution in [3.05, 3.63) is 0 Å². The molecule has 0 aromatic heterocycles. The topological polar surface area (TPSA) is 78.4 Å². The highest BCUT2D eigenvalue weighted by atomic mass is 16.4. The molecule has 114 valence electrons. The van der Waals surface area contributed by atoms with E-state index in [0.29, 0.717) is 18.8 Å². The van der Waals surface area contributed by atoms with E-state index in [9.17, 15) is 14.7 Å². The van der Waals surface area contributed by atoms with Gasteiger partial charge in [0.25, 0.3) is 0 Å². The highest BCUT2D eigenvalue weighted by Gasteiger charge is 2.43. The van der Waals surface area contributed by atoms with Gasteiger partial charge in [-0.1, -0.05) is 39.0 Å². The fraction of sp³-hybridized carbons (Fsp3) is 0.867. The third kappa shape index (κ3) is 3.64. The number of carboxylic acids is 1. The average molecular weight is 282 g/mol. The van der Waals surface area contributed by atoms with Crippen molar-refractivity contribution in [1.82, 2.24) is 10.6 Å². The first-order valence-corrected chi connectivity index (χ1v) is 7.84. The van der Waals surface area contributed by atoms with Gasteiger partial charge in [0.15, 0.2) is 0 Å². The van der Waals surface area contributed by atoms with E-state index < -0.39 is 11.5 Å².